The Kier molecular flexibility index (Phi) is 2.85. The van der Waals surface area contributed by atoms with E-state index in [4.69, 9.17) is 0 Å². The standard InChI is InChI=1S/C15H16N2O2/c1-16-13(11-6-3-2-4-7-11)10-14(18)17-9-5-8-12(17)15(16)19/h2-4,6-7,10,12H,5,8-9H2,1H3. The summed E-state index contributed by atoms with van der Waals surface area (Å²) in [5.41, 5.74) is 1.58. The average Bonchev–Trinajstić information content (AvgIpc) is 2.90. The van der Waals surface area contributed by atoms with E-state index in [2.05, 4.69) is 0 Å². The summed E-state index contributed by atoms with van der Waals surface area (Å²) in [6.07, 6.45) is 3.26. The van der Waals surface area contributed by atoms with Crippen molar-refractivity contribution in [3.63, 3.8) is 0 Å². The molecule has 1 fully saturated rings. The Balaban J connectivity index is 2.05. The van der Waals surface area contributed by atoms with Gasteiger partial charge in [-0.3, -0.25) is 9.59 Å². The van der Waals surface area contributed by atoms with Gasteiger partial charge in [0.05, 0.1) is 5.70 Å². The molecule has 2 aliphatic rings. The van der Waals surface area contributed by atoms with Crippen LogP contribution in [0.3, 0.4) is 0 Å². The summed E-state index contributed by atoms with van der Waals surface area (Å²) in [7, 11) is 1.75. The van der Waals surface area contributed by atoms with Crippen molar-refractivity contribution in [3.8, 4) is 0 Å². The highest BCUT2D eigenvalue weighted by Crippen LogP contribution is 2.28. The normalized spacial score (nSPS) is 23.2. The number of rotatable bonds is 1. The van der Waals surface area contributed by atoms with Crippen molar-refractivity contribution >= 4 is 17.5 Å². The third-order valence-corrected chi connectivity index (χ3v) is 3.84. The molecule has 1 aromatic carbocycles. The third kappa shape index (κ3) is 1.93. The first-order chi connectivity index (χ1) is 9.18. The second kappa shape index (κ2) is 4.53. The van der Waals surface area contributed by atoms with E-state index in [0.29, 0.717) is 12.2 Å². The molecule has 0 saturated carbocycles. The molecule has 2 amide bonds. The number of nitrogens with zero attached hydrogens (tertiary/aromatic N) is 2. The van der Waals surface area contributed by atoms with E-state index < -0.39 is 0 Å². The van der Waals surface area contributed by atoms with Crippen molar-refractivity contribution in [1.82, 2.24) is 9.80 Å². The summed E-state index contributed by atoms with van der Waals surface area (Å²) >= 11 is 0. The van der Waals surface area contributed by atoms with E-state index >= 15 is 0 Å². The van der Waals surface area contributed by atoms with E-state index in [1.54, 1.807) is 22.9 Å². The Bertz CT molecular complexity index is 551. The number of hydrogen-bond acceptors (Lipinski definition) is 2. The fourth-order valence-corrected chi connectivity index (χ4v) is 2.81. The zero-order valence-electron chi connectivity index (χ0n) is 10.9. The summed E-state index contributed by atoms with van der Waals surface area (Å²) in [5, 5.41) is 0. The molecule has 0 bridgehead atoms. The zero-order chi connectivity index (χ0) is 13.4. The van der Waals surface area contributed by atoms with Crippen LogP contribution in [0.15, 0.2) is 36.4 Å². The number of fused-ring (bicyclic) bond motifs is 1. The summed E-state index contributed by atoms with van der Waals surface area (Å²) in [5.74, 6) is -0.0440. The van der Waals surface area contributed by atoms with Gasteiger partial charge in [0.1, 0.15) is 6.04 Å². The van der Waals surface area contributed by atoms with Crippen LogP contribution in [0.1, 0.15) is 18.4 Å². The van der Waals surface area contributed by atoms with Crippen LogP contribution in [0.4, 0.5) is 0 Å². The van der Waals surface area contributed by atoms with Gasteiger partial charge in [-0.1, -0.05) is 30.3 Å². The maximum Gasteiger partial charge on any atom is 0.249 e. The van der Waals surface area contributed by atoms with Crippen LogP contribution in [0, 0.1) is 0 Å². The Hall–Kier alpha value is -2.10. The summed E-state index contributed by atoms with van der Waals surface area (Å²) in [4.78, 5) is 28.0. The molecule has 98 valence electrons. The van der Waals surface area contributed by atoms with E-state index in [9.17, 15) is 9.59 Å². The van der Waals surface area contributed by atoms with Crippen molar-refractivity contribution in [2.24, 2.45) is 0 Å². The van der Waals surface area contributed by atoms with Crippen molar-refractivity contribution < 1.29 is 9.59 Å². The van der Waals surface area contributed by atoms with Crippen LogP contribution in [0.5, 0.6) is 0 Å². The Labute approximate surface area is 112 Å². The largest absolute Gasteiger partial charge is 0.327 e. The van der Waals surface area contributed by atoms with E-state index in [0.717, 1.165) is 18.4 Å². The molecule has 3 rings (SSSR count). The Morgan fingerprint density at radius 1 is 1.16 bits per heavy atom. The van der Waals surface area contributed by atoms with Crippen molar-refractivity contribution in [2.75, 3.05) is 13.6 Å². The molecule has 0 spiro atoms. The van der Waals surface area contributed by atoms with Crippen LogP contribution in [-0.4, -0.2) is 41.2 Å². The maximum absolute atomic E-state index is 12.4. The van der Waals surface area contributed by atoms with Gasteiger partial charge in [0.15, 0.2) is 0 Å². The maximum atomic E-state index is 12.4. The number of benzene rings is 1. The van der Waals surface area contributed by atoms with Gasteiger partial charge in [0, 0.05) is 19.7 Å². The number of hydrogen-bond donors (Lipinski definition) is 0. The molecule has 1 unspecified atom stereocenters. The molecule has 2 heterocycles. The lowest BCUT2D eigenvalue weighted by Crippen LogP contribution is -2.42. The number of likely N-dealkylation sites (N-methyl/N-ethyl adjacent to an activating group) is 1. The lowest BCUT2D eigenvalue weighted by molar-refractivity contribution is -0.137. The van der Waals surface area contributed by atoms with E-state index in [1.165, 1.54) is 0 Å². The fourth-order valence-electron chi connectivity index (χ4n) is 2.81. The first-order valence-electron chi connectivity index (χ1n) is 6.54. The molecule has 19 heavy (non-hydrogen) atoms. The van der Waals surface area contributed by atoms with Crippen molar-refractivity contribution in [1.29, 1.82) is 0 Å². The second-order valence-electron chi connectivity index (χ2n) is 4.98. The second-order valence-corrected chi connectivity index (χ2v) is 4.98. The molecular weight excluding hydrogens is 240 g/mol. The zero-order valence-corrected chi connectivity index (χ0v) is 10.9. The SMILES string of the molecule is CN1C(=O)C2CCCN2C(=O)C=C1c1ccccc1. The number of carbonyl (C=O) groups excluding carboxylic acids is 2. The van der Waals surface area contributed by atoms with Crippen molar-refractivity contribution in [2.45, 2.75) is 18.9 Å². The minimum Gasteiger partial charge on any atom is -0.327 e. The van der Waals surface area contributed by atoms with Gasteiger partial charge in [-0.25, -0.2) is 0 Å². The first kappa shape index (κ1) is 12.0. The van der Waals surface area contributed by atoms with Crippen LogP contribution in [0.25, 0.3) is 5.70 Å². The highest BCUT2D eigenvalue weighted by molar-refractivity contribution is 6.04. The lowest BCUT2D eigenvalue weighted by Gasteiger charge is -2.24. The molecule has 0 aromatic heterocycles. The molecule has 2 aliphatic heterocycles. The van der Waals surface area contributed by atoms with Gasteiger partial charge in [0.2, 0.25) is 11.8 Å². The quantitative estimate of drug-likeness (QED) is 0.764. The van der Waals surface area contributed by atoms with E-state index in [1.807, 2.05) is 30.3 Å². The van der Waals surface area contributed by atoms with Crippen LogP contribution >= 0.6 is 0 Å². The summed E-state index contributed by atoms with van der Waals surface area (Å²) in [6, 6.07) is 9.28. The monoisotopic (exact) mass is 256 g/mol. The van der Waals surface area contributed by atoms with Gasteiger partial charge in [-0.05, 0) is 18.4 Å². The minimum atomic E-state index is -0.282. The van der Waals surface area contributed by atoms with Crippen LogP contribution < -0.4 is 0 Å². The first-order valence-corrected chi connectivity index (χ1v) is 6.54. The predicted octanol–water partition coefficient (Wildman–Crippen LogP) is 1.49. The average molecular weight is 256 g/mol. The van der Waals surface area contributed by atoms with Gasteiger partial charge < -0.3 is 9.80 Å². The fraction of sp³-hybridized carbons (Fsp3) is 0.333. The van der Waals surface area contributed by atoms with Crippen molar-refractivity contribution in [3.05, 3.63) is 42.0 Å². The number of carbonyl (C=O) groups is 2. The molecule has 0 aliphatic carbocycles. The predicted molar refractivity (Wildman–Crippen MR) is 71.9 cm³/mol. The minimum absolute atomic E-state index is 0.0125. The molecule has 0 N–H and O–H groups in total. The third-order valence-electron chi connectivity index (χ3n) is 3.84. The summed E-state index contributed by atoms with van der Waals surface area (Å²) in [6.45, 7) is 0.682. The van der Waals surface area contributed by atoms with Gasteiger partial charge >= 0.3 is 0 Å². The molecule has 1 saturated heterocycles. The van der Waals surface area contributed by atoms with Gasteiger partial charge in [-0.2, -0.15) is 0 Å². The van der Waals surface area contributed by atoms with Gasteiger partial charge in [0.25, 0.3) is 0 Å². The van der Waals surface area contributed by atoms with Crippen LogP contribution in [-0.2, 0) is 9.59 Å². The van der Waals surface area contributed by atoms with Gasteiger partial charge in [-0.15, -0.1) is 0 Å². The van der Waals surface area contributed by atoms with E-state index in [-0.39, 0.29) is 17.9 Å². The molecular formula is C15H16N2O2. The summed E-state index contributed by atoms with van der Waals surface area (Å²) < 4.78 is 0. The molecule has 4 nitrogen and oxygen atoms in total. The van der Waals surface area contributed by atoms with Crippen LogP contribution in [0.2, 0.25) is 0 Å². The topological polar surface area (TPSA) is 40.6 Å². The molecule has 4 heteroatoms. The Morgan fingerprint density at radius 3 is 2.63 bits per heavy atom. The highest BCUT2D eigenvalue weighted by Gasteiger charge is 2.38. The molecule has 1 aromatic rings. The number of amides is 2. The molecule has 0 radical (unpaired) electrons. The smallest absolute Gasteiger partial charge is 0.249 e. The molecule has 1 atom stereocenters. The Morgan fingerprint density at radius 2 is 1.89 bits per heavy atom. The lowest BCUT2D eigenvalue weighted by atomic mass is 10.1. The highest BCUT2D eigenvalue weighted by atomic mass is 16.2.